The van der Waals surface area contributed by atoms with Crippen LogP contribution in [0.25, 0.3) is 0 Å². The van der Waals surface area contributed by atoms with Crippen LogP contribution in [0.5, 0.6) is 5.19 Å². The Labute approximate surface area is 99.4 Å². The maximum absolute atomic E-state index is 5.93. The van der Waals surface area contributed by atoms with E-state index < -0.39 is 0 Å². The fourth-order valence-corrected chi connectivity index (χ4v) is 2.88. The molecular weight excluding hydrogens is 222 g/mol. The summed E-state index contributed by atoms with van der Waals surface area (Å²) in [6.07, 6.45) is 7.09. The predicted molar refractivity (Wildman–Crippen MR) is 62.7 cm³/mol. The summed E-state index contributed by atoms with van der Waals surface area (Å²) in [5.41, 5.74) is 5.93. The van der Waals surface area contributed by atoms with Gasteiger partial charge in [-0.25, -0.2) is 0 Å². The number of hydrogen-bond donors (Lipinski definition) is 1. The molecule has 0 aromatic carbocycles. The summed E-state index contributed by atoms with van der Waals surface area (Å²) >= 11 is 1.39. The quantitative estimate of drug-likeness (QED) is 0.877. The Balaban J connectivity index is 1.59. The Morgan fingerprint density at radius 3 is 2.88 bits per heavy atom. The predicted octanol–water partition coefficient (Wildman–Crippen LogP) is 2.06. The molecule has 1 aromatic rings. The SMILES string of the molecule is NC1CCCC(Oc2nc(C3CC3)ns2)C1. The summed E-state index contributed by atoms with van der Waals surface area (Å²) in [6, 6.07) is 0.301. The van der Waals surface area contributed by atoms with Gasteiger partial charge in [0.05, 0.1) is 0 Å². The number of nitrogens with zero attached hydrogens (tertiary/aromatic N) is 2. The van der Waals surface area contributed by atoms with Crippen molar-refractivity contribution in [1.82, 2.24) is 9.36 Å². The summed E-state index contributed by atoms with van der Waals surface area (Å²) in [4.78, 5) is 4.44. The van der Waals surface area contributed by atoms with Gasteiger partial charge < -0.3 is 10.5 Å². The minimum absolute atomic E-state index is 0.253. The van der Waals surface area contributed by atoms with E-state index in [2.05, 4.69) is 9.36 Å². The summed E-state index contributed by atoms with van der Waals surface area (Å²) in [5, 5.41) is 0.737. The van der Waals surface area contributed by atoms with Gasteiger partial charge in [-0.15, -0.1) is 0 Å². The van der Waals surface area contributed by atoms with Crippen LogP contribution in [-0.2, 0) is 0 Å². The van der Waals surface area contributed by atoms with Gasteiger partial charge in [0.15, 0.2) is 0 Å². The molecule has 3 rings (SSSR count). The summed E-state index contributed by atoms with van der Waals surface area (Å²) in [6.45, 7) is 0. The fourth-order valence-electron chi connectivity index (χ4n) is 2.21. The van der Waals surface area contributed by atoms with E-state index in [0.29, 0.717) is 12.0 Å². The van der Waals surface area contributed by atoms with Crippen LogP contribution in [0.2, 0.25) is 0 Å². The van der Waals surface area contributed by atoms with Crippen molar-refractivity contribution in [3.8, 4) is 5.19 Å². The molecule has 2 N–H and O–H groups in total. The van der Waals surface area contributed by atoms with Gasteiger partial charge in [-0.1, -0.05) is 0 Å². The highest BCUT2D eigenvalue weighted by Gasteiger charge is 2.29. The second kappa shape index (κ2) is 4.30. The van der Waals surface area contributed by atoms with Crippen molar-refractivity contribution in [2.75, 3.05) is 0 Å². The first-order valence-electron chi connectivity index (χ1n) is 6.07. The van der Waals surface area contributed by atoms with E-state index in [1.54, 1.807) is 0 Å². The highest BCUT2D eigenvalue weighted by Crippen LogP contribution is 2.39. The molecule has 2 fully saturated rings. The monoisotopic (exact) mass is 239 g/mol. The molecule has 16 heavy (non-hydrogen) atoms. The zero-order valence-electron chi connectivity index (χ0n) is 9.26. The first-order chi connectivity index (χ1) is 7.81. The van der Waals surface area contributed by atoms with E-state index >= 15 is 0 Å². The van der Waals surface area contributed by atoms with Crippen molar-refractivity contribution in [2.24, 2.45) is 5.73 Å². The molecule has 1 aromatic heterocycles. The number of hydrogen-bond acceptors (Lipinski definition) is 5. The first-order valence-corrected chi connectivity index (χ1v) is 6.84. The third-order valence-electron chi connectivity index (χ3n) is 3.30. The molecule has 4 nitrogen and oxygen atoms in total. The maximum atomic E-state index is 5.93. The Kier molecular flexibility index (Phi) is 2.81. The summed E-state index contributed by atoms with van der Waals surface area (Å²) in [5.74, 6) is 1.60. The minimum atomic E-state index is 0.253. The average Bonchev–Trinajstić information content (AvgIpc) is 3.01. The summed E-state index contributed by atoms with van der Waals surface area (Å²) < 4.78 is 10.2. The number of ether oxygens (including phenoxy) is 1. The first kappa shape index (κ1) is 10.5. The fraction of sp³-hybridized carbons (Fsp3) is 0.818. The van der Waals surface area contributed by atoms with E-state index in [0.717, 1.165) is 30.3 Å². The normalized spacial score (nSPS) is 30.3. The van der Waals surface area contributed by atoms with Gasteiger partial charge in [0.1, 0.15) is 11.9 Å². The van der Waals surface area contributed by atoms with Gasteiger partial charge in [-0.05, 0) is 38.5 Å². The van der Waals surface area contributed by atoms with Crippen LogP contribution < -0.4 is 10.5 Å². The molecule has 0 radical (unpaired) electrons. The largest absolute Gasteiger partial charge is 0.466 e. The second-order valence-electron chi connectivity index (χ2n) is 4.86. The molecular formula is C11H17N3OS. The van der Waals surface area contributed by atoms with E-state index in [9.17, 15) is 0 Å². The van der Waals surface area contributed by atoms with Crippen LogP contribution in [0.1, 0.15) is 50.3 Å². The number of rotatable bonds is 3. The highest BCUT2D eigenvalue weighted by molar-refractivity contribution is 7.07. The Hall–Kier alpha value is -0.680. The van der Waals surface area contributed by atoms with Gasteiger partial charge in [0, 0.05) is 23.5 Å². The van der Waals surface area contributed by atoms with Gasteiger partial charge >= 0.3 is 0 Å². The van der Waals surface area contributed by atoms with Crippen molar-refractivity contribution >= 4 is 11.5 Å². The Morgan fingerprint density at radius 1 is 1.25 bits per heavy atom. The zero-order valence-corrected chi connectivity index (χ0v) is 10.1. The van der Waals surface area contributed by atoms with Crippen LogP contribution in [0, 0.1) is 0 Å². The molecule has 2 aliphatic rings. The molecule has 88 valence electrons. The van der Waals surface area contributed by atoms with E-state index in [4.69, 9.17) is 10.5 Å². The molecule has 5 heteroatoms. The van der Waals surface area contributed by atoms with Crippen LogP contribution in [0.15, 0.2) is 0 Å². The molecule has 0 amide bonds. The molecule has 0 saturated heterocycles. The zero-order chi connectivity index (χ0) is 11.0. The molecule has 2 aliphatic carbocycles. The minimum Gasteiger partial charge on any atom is -0.466 e. The number of aromatic nitrogens is 2. The number of nitrogens with two attached hydrogens (primary N) is 1. The van der Waals surface area contributed by atoms with E-state index in [1.807, 2.05) is 0 Å². The van der Waals surface area contributed by atoms with Crippen LogP contribution in [-0.4, -0.2) is 21.5 Å². The lowest BCUT2D eigenvalue weighted by atomic mass is 9.94. The average molecular weight is 239 g/mol. The van der Waals surface area contributed by atoms with Gasteiger partial charge in [-0.3, -0.25) is 0 Å². The summed E-state index contributed by atoms with van der Waals surface area (Å²) in [7, 11) is 0. The molecule has 2 saturated carbocycles. The van der Waals surface area contributed by atoms with Crippen molar-refractivity contribution in [3.63, 3.8) is 0 Å². The van der Waals surface area contributed by atoms with Gasteiger partial charge in [0.2, 0.25) is 0 Å². The lowest BCUT2D eigenvalue weighted by Crippen LogP contribution is -2.33. The lowest BCUT2D eigenvalue weighted by Gasteiger charge is -2.25. The lowest BCUT2D eigenvalue weighted by molar-refractivity contribution is 0.144. The molecule has 0 spiro atoms. The van der Waals surface area contributed by atoms with Crippen LogP contribution in [0.3, 0.4) is 0 Å². The molecule has 2 unspecified atom stereocenters. The Morgan fingerprint density at radius 2 is 2.12 bits per heavy atom. The van der Waals surface area contributed by atoms with Crippen molar-refractivity contribution in [2.45, 2.75) is 56.6 Å². The molecule has 0 bridgehead atoms. The smallest absolute Gasteiger partial charge is 0.293 e. The third kappa shape index (κ3) is 2.35. The van der Waals surface area contributed by atoms with Gasteiger partial charge in [-0.2, -0.15) is 9.36 Å². The third-order valence-corrected chi connectivity index (χ3v) is 3.92. The van der Waals surface area contributed by atoms with Crippen molar-refractivity contribution in [3.05, 3.63) is 5.82 Å². The molecule has 2 atom stereocenters. The Bertz CT molecular complexity index is 364. The van der Waals surface area contributed by atoms with Gasteiger partial charge in [0.25, 0.3) is 5.19 Å². The van der Waals surface area contributed by atoms with Crippen molar-refractivity contribution in [1.29, 1.82) is 0 Å². The molecule has 0 aliphatic heterocycles. The van der Waals surface area contributed by atoms with E-state index in [1.165, 1.54) is 30.8 Å². The highest BCUT2D eigenvalue weighted by atomic mass is 32.1. The van der Waals surface area contributed by atoms with Crippen LogP contribution >= 0.6 is 11.5 Å². The topological polar surface area (TPSA) is 61.0 Å². The van der Waals surface area contributed by atoms with Crippen molar-refractivity contribution < 1.29 is 4.74 Å². The van der Waals surface area contributed by atoms with Crippen LogP contribution in [0.4, 0.5) is 0 Å². The standard InChI is InChI=1S/C11H17N3OS/c12-8-2-1-3-9(6-8)15-11-13-10(14-16-11)7-4-5-7/h7-9H,1-6,12H2. The second-order valence-corrected chi connectivity index (χ2v) is 5.57. The maximum Gasteiger partial charge on any atom is 0.293 e. The van der Waals surface area contributed by atoms with E-state index in [-0.39, 0.29) is 6.10 Å². The molecule has 1 heterocycles.